The molecule has 1 aliphatic heterocycles. The third-order valence-corrected chi connectivity index (χ3v) is 3.98. The second-order valence-electron chi connectivity index (χ2n) is 5.63. The number of rotatable bonds is 3. The maximum atomic E-state index is 12.6. The lowest BCUT2D eigenvalue weighted by atomic mass is 10.1. The Kier molecular flexibility index (Phi) is 4.02. The van der Waals surface area contributed by atoms with Crippen LogP contribution in [0.5, 0.6) is 0 Å². The predicted molar refractivity (Wildman–Crippen MR) is 91.1 cm³/mol. The number of nitrogens with one attached hydrogen (secondary N) is 1. The van der Waals surface area contributed by atoms with E-state index >= 15 is 0 Å². The van der Waals surface area contributed by atoms with Gasteiger partial charge >= 0.3 is 6.03 Å². The Hall–Kier alpha value is -2.82. The molecule has 3 rings (SSSR count). The van der Waals surface area contributed by atoms with Gasteiger partial charge in [0.15, 0.2) is 0 Å². The molecule has 1 aliphatic rings. The van der Waals surface area contributed by atoms with Crippen molar-refractivity contribution in [3.8, 4) is 0 Å². The van der Waals surface area contributed by atoms with Gasteiger partial charge in [-0.05, 0) is 48.9 Å². The summed E-state index contributed by atoms with van der Waals surface area (Å²) in [5.74, 6) is -0.0759. The number of hydrogen-bond donors (Lipinski definition) is 1. The van der Waals surface area contributed by atoms with Crippen LogP contribution in [-0.2, 0) is 0 Å². The van der Waals surface area contributed by atoms with E-state index in [1.807, 2.05) is 43.3 Å². The number of benzene rings is 2. The molecule has 2 aromatic rings. The predicted octanol–water partition coefficient (Wildman–Crippen LogP) is 2.80. The van der Waals surface area contributed by atoms with E-state index in [9.17, 15) is 9.59 Å². The molecular formula is C18H19N3O2. The zero-order chi connectivity index (χ0) is 16.4. The zero-order valence-electron chi connectivity index (χ0n) is 13.2. The molecule has 0 bridgehead atoms. The van der Waals surface area contributed by atoms with E-state index in [4.69, 9.17) is 0 Å². The van der Waals surface area contributed by atoms with Gasteiger partial charge < -0.3 is 10.2 Å². The summed E-state index contributed by atoms with van der Waals surface area (Å²) in [6.07, 6.45) is 0. The van der Waals surface area contributed by atoms with Crippen LogP contribution in [0.1, 0.15) is 15.9 Å². The molecule has 5 heteroatoms. The van der Waals surface area contributed by atoms with Crippen LogP contribution in [0.3, 0.4) is 0 Å². The molecule has 23 heavy (non-hydrogen) atoms. The molecule has 0 aliphatic carbocycles. The lowest BCUT2D eigenvalue weighted by Crippen LogP contribution is -2.28. The number of hydrogen-bond acceptors (Lipinski definition) is 2. The second kappa shape index (κ2) is 6.12. The van der Waals surface area contributed by atoms with Gasteiger partial charge in [0.2, 0.25) is 0 Å². The average Bonchev–Trinajstić information content (AvgIpc) is 3.00. The van der Waals surface area contributed by atoms with Gasteiger partial charge in [0.25, 0.3) is 5.91 Å². The number of anilines is 2. The summed E-state index contributed by atoms with van der Waals surface area (Å²) in [7, 11) is 1.76. The van der Waals surface area contributed by atoms with E-state index in [1.165, 1.54) is 0 Å². The van der Waals surface area contributed by atoms with Crippen molar-refractivity contribution >= 4 is 23.3 Å². The number of aryl methyl sites for hydroxylation is 1. The van der Waals surface area contributed by atoms with Gasteiger partial charge in [-0.1, -0.05) is 12.1 Å². The summed E-state index contributed by atoms with van der Waals surface area (Å²) in [6, 6.07) is 14.9. The first kappa shape index (κ1) is 15.1. The third-order valence-electron chi connectivity index (χ3n) is 3.98. The number of nitrogens with zero attached hydrogens (tertiary/aromatic N) is 2. The average molecular weight is 309 g/mol. The van der Waals surface area contributed by atoms with Gasteiger partial charge in [-0.15, -0.1) is 0 Å². The minimum atomic E-state index is -0.0963. The van der Waals surface area contributed by atoms with Gasteiger partial charge in [0.1, 0.15) is 0 Å². The van der Waals surface area contributed by atoms with E-state index in [2.05, 4.69) is 5.32 Å². The standard InChI is InChI=1S/C18H19N3O2/c1-13-4-3-5-16(12-13)20(2)17(22)14-6-8-15(9-7-14)21-11-10-19-18(21)23/h3-9,12H,10-11H2,1-2H3,(H,19,23). The molecular weight excluding hydrogens is 290 g/mol. The molecule has 1 saturated heterocycles. The van der Waals surface area contributed by atoms with E-state index < -0.39 is 0 Å². The summed E-state index contributed by atoms with van der Waals surface area (Å²) in [5, 5.41) is 2.76. The maximum Gasteiger partial charge on any atom is 0.321 e. The van der Waals surface area contributed by atoms with Crippen LogP contribution in [0, 0.1) is 6.92 Å². The molecule has 0 unspecified atom stereocenters. The molecule has 118 valence electrons. The molecule has 0 spiro atoms. The van der Waals surface area contributed by atoms with Crippen LogP contribution < -0.4 is 15.1 Å². The molecule has 1 heterocycles. The first-order chi connectivity index (χ1) is 11.1. The Morgan fingerprint density at radius 2 is 1.91 bits per heavy atom. The molecule has 2 aromatic carbocycles. The normalized spacial score (nSPS) is 13.8. The summed E-state index contributed by atoms with van der Waals surface area (Å²) >= 11 is 0. The van der Waals surface area contributed by atoms with Crippen molar-refractivity contribution in [2.24, 2.45) is 0 Å². The van der Waals surface area contributed by atoms with Crippen molar-refractivity contribution in [2.45, 2.75) is 6.92 Å². The fraction of sp³-hybridized carbons (Fsp3) is 0.222. The topological polar surface area (TPSA) is 52.7 Å². The van der Waals surface area contributed by atoms with Crippen LogP contribution >= 0.6 is 0 Å². The Bertz CT molecular complexity index is 740. The molecule has 0 radical (unpaired) electrons. The van der Waals surface area contributed by atoms with Crippen LogP contribution in [0.4, 0.5) is 16.2 Å². The highest BCUT2D eigenvalue weighted by Gasteiger charge is 2.21. The molecule has 1 fully saturated rings. The molecule has 5 nitrogen and oxygen atoms in total. The summed E-state index contributed by atoms with van der Waals surface area (Å²) in [5.41, 5.74) is 3.36. The van der Waals surface area contributed by atoms with Gasteiger partial charge in [-0.25, -0.2) is 4.79 Å². The van der Waals surface area contributed by atoms with Crippen molar-refractivity contribution < 1.29 is 9.59 Å². The van der Waals surface area contributed by atoms with Crippen molar-refractivity contribution in [3.63, 3.8) is 0 Å². The van der Waals surface area contributed by atoms with Gasteiger partial charge in [-0.3, -0.25) is 9.69 Å². The van der Waals surface area contributed by atoms with E-state index in [0.29, 0.717) is 18.7 Å². The van der Waals surface area contributed by atoms with Crippen LogP contribution in [0.15, 0.2) is 48.5 Å². The smallest absolute Gasteiger partial charge is 0.321 e. The number of urea groups is 1. The van der Waals surface area contributed by atoms with E-state index in [-0.39, 0.29) is 11.9 Å². The Balaban J connectivity index is 1.78. The molecule has 0 saturated carbocycles. The molecule has 1 N–H and O–H groups in total. The molecule has 3 amide bonds. The van der Waals surface area contributed by atoms with Crippen LogP contribution in [0.2, 0.25) is 0 Å². The zero-order valence-corrected chi connectivity index (χ0v) is 13.2. The highest BCUT2D eigenvalue weighted by molar-refractivity contribution is 6.06. The van der Waals surface area contributed by atoms with Crippen LogP contribution in [-0.4, -0.2) is 32.1 Å². The van der Waals surface area contributed by atoms with E-state index in [0.717, 1.165) is 16.9 Å². The fourth-order valence-corrected chi connectivity index (χ4v) is 2.65. The number of amides is 3. The minimum absolute atomic E-state index is 0.0759. The quantitative estimate of drug-likeness (QED) is 0.948. The summed E-state index contributed by atoms with van der Waals surface area (Å²) in [6.45, 7) is 3.29. The first-order valence-corrected chi connectivity index (χ1v) is 7.56. The lowest BCUT2D eigenvalue weighted by molar-refractivity contribution is 0.0993. The van der Waals surface area contributed by atoms with Gasteiger partial charge in [-0.2, -0.15) is 0 Å². The van der Waals surface area contributed by atoms with E-state index in [1.54, 1.807) is 29.0 Å². The molecule has 0 aromatic heterocycles. The van der Waals surface area contributed by atoms with Crippen molar-refractivity contribution in [1.29, 1.82) is 0 Å². The highest BCUT2D eigenvalue weighted by atomic mass is 16.2. The van der Waals surface area contributed by atoms with Crippen LogP contribution in [0.25, 0.3) is 0 Å². The number of carbonyl (C=O) groups excluding carboxylic acids is 2. The highest BCUT2D eigenvalue weighted by Crippen LogP contribution is 2.20. The number of carbonyl (C=O) groups is 2. The summed E-state index contributed by atoms with van der Waals surface area (Å²) < 4.78 is 0. The minimum Gasteiger partial charge on any atom is -0.336 e. The Morgan fingerprint density at radius 1 is 1.17 bits per heavy atom. The summed E-state index contributed by atoms with van der Waals surface area (Å²) in [4.78, 5) is 27.5. The first-order valence-electron chi connectivity index (χ1n) is 7.56. The fourth-order valence-electron chi connectivity index (χ4n) is 2.65. The third kappa shape index (κ3) is 3.04. The Labute approximate surface area is 135 Å². The Morgan fingerprint density at radius 3 is 2.52 bits per heavy atom. The SMILES string of the molecule is Cc1cccc(N(C)C(=O)c2ccc(N3CCNC3=O)cc2)c1. The largest absolute Gasteiger partial charge is 0.336 e. The monoisotopic (exact) mass is 309 g/mol. The molecule has 0 atom stereocenters. The van der Waals surface area contributed by atoms with Crippen molar-refractivity contribution in [3.05, 3.63) is 59.7 Å². The lowest BCUT2D eigenvalue weighted by Gasteiger charge is -2.19. The van der Waals surface area contributed by atoms with Gasteiger partial charge in [0, 0.05) is 37.1 Å². The van der Waals surface area contributed by atoms with Crippen molar-refractivity contribution in [1.82, 2.24) is 5.32 Å². The second-order valence-corrected chi connectivity index (χ2v) is 5.63. The van der Waals surface area contributed by atoms with Gasteiger partial charge in [0.05, 0.1) is 0 Å². The maximum absolute atomic E-state index is 12.6. The van der Waals surface area contributed by atoms with Crippen molar-refractivity contribution in [2.75, 3.05) is 29.9 Å².